The van der Waals surface area contributed by atoms with Crippen LogP contribution in [0.25, 0.3) is 0 Å². The third kappa shape index (κ3) is 5.48. The Bertz CT molecular complexity index is 307. The molecule has 8 heteroatoms. The number of carboxylic acids is 1. The molecule has 3 N–H and O–H groups in total. The van der Waals surface area contributed by atoms with E-state index >= 15 is 0 Å². The van der Waals surface area contributed by atoms with Crippen molar-refractivity contribution in [2.75, 3.05) is 26.8 Å². The summed E-state index contributed by atoms with van der Waals surface area (Å²) in [5.74, 6) is -1.84. The van der Waals surface area contributed by atoms with Gasteiger partial charge >= 0.3 is 18.0 Å². The molecule has 2 amide bonds. The van der Waals surface area contributed by atoms with E-state index in [9.17, 15) is 14.4 Å². The lowest BCUT2D eigenvalue weighted by Gasteiger charge is -2.22. The molecule has 1 atom stereocenters. The zero-order valence-electron chi connectivity index (χ0n) is 10.4. The van der Waals surface area contributed by atoms with Gasteiger partial charge in [0, 0.05) is 19.6 Å². The number of aliphatic carboxylic acids is 1. The summed E-state index contributed by atoms with van der Waals surface area (Å²) in [5.41, 5.74) is 0. The molecule has 0 saturated heterocycles. The molecule has 0 radical (unpaired) electrons. The number of aliphatic hydroxyl groups is 1. The van der Waals surface area contributed by atoms with Crippen molar-refractivity contribution in [3.05, 3.63) is 0 Å². The Labute approximate surface area is 105 Å². The molecule has 104 valence electrons. The highest BCUT2D eigenvalue weighted by atomic mass is 16.5. The molecule has 0 saturated carbocycles. The van der Waals surface area contributed by atoms with Crippen molar-refractivity contribution in [3.63, 3.8) is 0 Å². The van der Waals surface area contributed by atoms with E-state index in [1.165, 1.54) is 7.11 Å². The van der Waals surface area contributed by atoms with Gasteiger partial charge < -0.3 is 25.2 Å². The highest BCUT2D eigenvalue weighted by molar-refractivity contribution is 5.85. The number of nitrogens with zero attached hydrogens (tertiary/aromatic N) is 1. The SMILES string of the molecule is CCN(CC(=O)OC)C(=O)NC(CCO)C(=O)O. The first-order chi connectivity index (χ1) is 8.46. The van der Waals surface area contributed by atoms with Crippen LogP contribution in [0.2, 0.25) is 0 Å². The van der Waals surface area contributed by atoms with Crippen LogP contribution in [0.4, 0.5) is 4.79 Å². The molecule has 0 aromatic rings. The second-order valence-electron chi connectivity index (χ2n) is 3.44. The van der Waals surface area contributed by atoms with E-state index in [0.717, 1.165) is 4.90 Å². The van der Waals surface area contributed by atoms with E-state index in [2.05, 4.69) is 10.1 Å². The van der Waals surface area contributed by atoms with Gasteiger partial charge in [0.15, 0.2) is 0 Å². The summed E-state index contributed by atoms with van der Waals surface area (Å²) < 4.78 is 4.42. The Morgan fingerprint density at radius 3 is 2.39 bits per heavy atom. The normalized spacial score (nSPS) is 11.5. The molecule has 0 aliphatic carbocycles. The minimum absolute atomic E-state index is 0.100. The number of esters is 1. The lowest BCUT2D eigenvalue weighted by Crippen LogP contribution is -2.49. The number of hydrogen-bond acceptors (Lipinski definition) is 5. The second kappa shape index (κ2) is 8.29. The summed E-state index contributed by atoms with van der Waals surface area (Å²) in [6.45, 7) is 1.25. The van der Waals surface area contributed by atoms with Gasteiger partial charge in [0.05, 0.1) is 7.11 Å². The summed E-state index contributed by atoms with van der Waals surface area (Å²) in [5, 5.41) is 19.7. The molecule has 18 heavy (non-hydrogen) atoms. The molecule has 0 aliphatic heterocycles. The number of likely N-dealkylation sites (N-methyl/N-ethyl adjacent to an activating group) is 1. The standard InChI is InChI=1S/C10H18N2O6/c1-3-12(6-8(14)18-2)10(17)11-7(4-5-13)9(15)16/h7,13H,3-6H2,1-2H3,(H,11,17)(H,15,16). The Morgan fingerprint density at radius 2 is 2.00 bits per heavy atom. The van der Waals surface area contributed by atoms with Gasteiger partial charge in [0.25, 0.3) is 0 Å². The zero-order valence-corrected chi connectivity index (χ0v) is 10.4. The maximum absolute atomic E-state index is 11.7. The van der Waals surface area contributed by atoms with Gasteiger partial charge in [-0.15, -0.1) is 0 Å². The van der Waals surface area contributed by atoms with Crippen molar-refractivity contribution in [3.8, 4) is 0 Å². The topological polar surface area (TPSA) is 116 Å². The van der Waals surface area contributed by atoms with Crippen molar-refractivity contribution in [2.24, 2.45) is 0 Å². The third-order valence-electron chi connectivity index (χ3n) is 2.23. The molecule has 0 fully saturated rings. The first-order valence-corrected chi connectivity index (χ1v) is 5.42. The quantitative estimate of drug-likeness (QED) is 0.508. The summed E-state index contributed by atoms with van der Waals surface area (Å²) in [7, 11) is 1.19. The number of rotatable bonds is 7. The predicted molar refractivity (Wildman–Crippen MR) is 60.9 cm³/mol. The molecule has 0 bridgehead atoms. The van der Waals surface area contributed by atoms with Crippen LogP contribution in [-0.4, -0.2) is 65.9 Å². The molecule has 0 heterocycles. The maximum atomic E-state index is 11.7. The number of amides is 2. The first-order valence-electron chi connectivity index (χ1n) is 5.42. The van der Waals surface area contributed by atoms with Crippen LogP contribution in [0.3, 0.4) is 0 Å². The lowest BCUT2D eigenvalue weighted by molar-refractivity contribution is -0.141. The van der Waals surface area contributed by atoms with Crippen LogP contribution in [0, 0.1) is 0 Å². The van der Waals surface area contributed by atoms with Crippen molar-refractivity contribution in [2.45, 2.75) is 19.4 Å². The highest BCUT2D eigenvalue weighted by Gasteiger charge is 2.23. The third-order valence-corrected chi connectivity index (χ3v) is 2.23. The van der Waals surface area contributed by atoms with Crippen molar-refractivity contribution in [1.82, 2.24) is 10.2 Å². The minimum atomic E-state index is -1.24. The van der Waals surface area contributed by atoms with Crippen LogP contribution in [0.1, 0.15) is 13.3 Å². The van der Waals surface area contributed by atoms with Crippen LogP contribution >= 0.6 is 0 Å². The Morgan fingerprint density at radius 1 is 1.39 bits per heavy atom. The van der Waals surface area contributed by atoms with Crippen molar-refractivity contribution in [1.29, 1.82) is 0 Å². The zero-order chi connectivity index (χ0) is 14.1. The monoisotopic (exact) mass is 262 g/mol. The van der Waals surface area contributed by atoms with Crippen molar-refractivity contribution < 1.29 is 29.3 Å². The van der Waals surface area contributed by atoms with Crippen LogP contribution in [-0.2, 0) is 14.3 Å². The molecule has 0 rings (SSSR count). The van der Waals surface area contributed by atoms with Gasteiger partial charge in [-0.1, -0.05) is 0 Å². The summed E-state index contributed by atoms with van der Waals surface area (Å²) in [6.07, 6.45) is -0.100. The van der Waals surface area contributed by atoms with E-state index in [1.54, 1.807) is 6.92 Å². The summed E-state index contributed by atoms with van der Waals surface area (Å²) in [6, 6.07) is -1.88. The molecule has 0 aromatic heterocycles. The Balaban J connectivity index is 4.49. The Hall–Kier alpha value is -1.83. The van der Waals surface area contributed by atoms with Gasteiger partial charge in [-0.2, -0.15) is 0 Å². The molecule has 1 unspecified atom stereocenters. The number of urea groups is 1. The van der Waals surface area contributed by atoms with E-state index in [-0.39, 0.29) is 26.1 Å². The van der Waals surface area contributed by atoms with Crippen molar-refractivity contribution >= 4 is 18.0 Å². The fourth-order valence-corrected chi connectivity index (χ4v) is 1.17. The fourth-order valence-electron chi connectivity index (χ4n) is 1.17. The molecular weight excluding hydrogens is 244 g/mol. The number of carbonyl (C=O) groups is 3. The second-order valence-corrected chi connectivity index (χ2v) is 3.44. The number of carbonyl (C=O) groups excluding carboxylic acids is 2. The van der Waals surface area contributed by atoms with Gasteiger partial charge in [0.1, 0.15) is 12.6 Å². The average Bonchev–Trinajstić information content (AvgIpc) is 2.34. The number of nitrogens with one attached hydrogen (secondary N) is 1. The maximum Gasteiger partial charge on any atom is 0.326 e. The van der Waals surface area contributed by atoms with Crippen LogP contribution in [0.5, 0.6) is 0 Å². The number of ether oxygens (including phenoxy) is 1. The van der Waals surface area contributed by atoms with E-state index < -0.39 is 24.0 Å². The smallest absolute Gasteiger partial charge is 0.326 e. The lowest BCUT2D eigenvalue weighted by atomic mass is 10.2. The van der Waals surface area contributed by atoms with Gasteiger partial charge in [0.2, 0.25) is 0 Å². The average molecular weight is 262 g/mol. The Kier molecular flexibility index (Phi) is 7.45. The predicted octanol–water partition coefficient (Wildman–Crippen LogP) is -0.973. The molecule has 0 aliphatic rings. The molecular formula is C10H18N2O6. The van der Waals surface area contributed by atoms with Crippen LogP contribution in [0.15, 0.2) is 0 Å². The van der Waals surface area contributed by atoms with E-state index in [0.29, 0.717) is 0 Å². The van der Waals surface area contributed by atoms with E-state index in [1.807, 2.05) is 0 Å². The number of methoxy groups -OCH3 is 1. The number of carboxylic acid groups (broad SMARTS) is 1. The largest absolute Gasteiger partial charge is 0.480 e. The minimum Gasteiger partial charge on any atom is -0.480 e. The van der Waals surface area contributed by atoms with Gasteiger partial charge in [-0.3, -0.25) is 4.79 Å². The number of aliphatic hydroxyl groups excluding tert-OH is 1. The number of hydrogen-bond donors (Lipinski definition) is 3. The summed E-state index contributed by atoms with van der Waals surface area (Å²) >= 11 is 0. The first kappa shape index (κ1) is 16.2. The molecule has 8 nitrogen and oxygen atoms in total. The fraction of sp³-hybridized carbons (Fsp3) is 0.700. The molecule has 0 spiro atoms. The molecule has 0 aromatic carbocycles. The van der Waals surface area contributed by atoms with Crippen LogP contribution < -0.4 is 5.32 Å². The highest BCUT2D eigenvalue weighted by Crippen LogP contribution is 1.96. The van der Waals surface area contributed by atoms with Gasteiger partial charge in [-0.25, -0.2) is 9.59 Å². The summed E-state index contributed by atoms with van der Waals surface area (Å²) in [4.78, 5) is 34.6. The van der Waals surface area contributed by atoms with E-state index in [4.69, 9.17) is 10.2 Å². The van der Waals surface area contributed by atoms with Gasteiger partial charge in [-0.05, 0) is 6.92 Å².